The predicted molar refractivity (Wildman–Crippen MR) is 57.9 cm³/mol. The van der Waals surface area contributed by atoms with Gasteiger partial charge in [-0.1, -0.05) is 24.3 Å². The molecule has 1 rings (SSSR count). The summed E-state index contributed by atoms with van der Waals surface area (Å²) in [6.07, 6.45) is -3.78. The number of hydrogen-bond donors (Lipinski definition) is 1. The fourth-order valence-electron chi connectivity index (χ4n) is 1.26. The van der Waals surface area contributed by atoms with Crippen LogP contribution in [0.2, 0.25) is 0 Å². The smallest absolute Gasteiger partial charge is 0.324 e. The highest BCUT2D eigenvalue weighted by Crippen LogP contribution is 2.29. The van der Waals surface area contributed by atoms with Crippen LogP contribution in [0.3, 0.4) is 0 Å². The van der Waals surface area contributed by atoms with E-state index in [2.05, 4.69) is 6.58 Å². The fraction of sp³-hybridized carbons (Fsp3) is 0.333. The van der Waals surface area contributed by atoms with E-state index < -0.39 is 11.7 Å². The molecule has 0 fully saturated rings. The largest absolute Gasteiger partial charge is 0.416 e. The first-order valence-electron chi connectivity index (χ1n) is 4.88. The summed E-state index contributed by atoms with van der Waals surface area (Å²) in [5.41, 5.74) is 6.71. The average molecular weight is 229 g/mol. The fourth-order valence-corrected chi connectivity index (χ4v) is 1.26. The Hall–Kier alpha value is -1.29. The van der Waals surface area contributed by atoms with Crippen molar-refractivity contribution in [1.82, 2.24) is 0 Å². The van der Waals surface area contributed by atoms with Gasteiger partial charge in [0.15, 0.2) is 0 Å². The van der Waals surface area contributed by atoms with Crippen molar-refractivity contribution < 1.29 is 13.2 Å². The molecular weight excluding hydrogens is 215 g/mol. The molecule has 0 aliphatic carbocycles. The highest BCUT2D eigenvalue weighted by atomic mass is 19.4. The lowest BCUT2D eigenvalue weighted by molar-refractivity contribution is -0.137. The van der Waals surface area contributed by atoms with E-state index in [-0.39, 0.29) is 6.04 Å². The molecular formula is C12H14F3N. The van der Waals surface area contributed by atoms with Crippen LogP contribution in [0, 0.1) is 0 Å². The number of alkyl halides is 3. The quantitative estimate of drug-likeness (QED) is 0.791. The zero-order valence-corrected chi connectivity index (χ0v) is 9.01. The summed E-state index contributed by atoms with van der Waals surface area (Å²) < 4.78 is 36.8. The zero-order valence-electron chi connectivity index (χ0n) is 9.01. The van der Waals surface area contributed by atoms with Gasteiger partial charge in [-0.3, -0.25) is 0 Å². The van der Waals surface area contributed by atoms with Crippen LogP contribution in [0.5, 0.6) is 0 Å². The lowest BCUT2D eigenvalue weighted by Crippen LogP contribution is -2.23. The van der Waals surface area contributed by atoms with Gasteiger partial charge in [-0.25, -0.2) is 0 Å². The maximum atomic E-state index is 12.3. The third kappa shape index (κ3) is 3.38. The minimum absolute atomic E-state index is 0.211. The van der Waals surface area contributed by atoms with Crippen LogP contribution in [0.25, 0.3) is 0 Å². The Morgan fingerprint density at radius 1 is 1.31 bits per heavy atom. The SMILES string of the molecule is C=C(C)C(N)Cc1ccc(C(F)(F)F)cc1. The molecule has 16 heavy (non-hydrogen) atoms. The summed E-state index contributed by atoms with van der Waals surface area (Å²) >= 11 is 0. The molecule has 0 heterocycles. The van der Waals surface area contributed by atoms with Crippen molar-refractivity contribution in [3.8, 4) is 0 Å². The normalized spacial score (nSPS) is 13.6. The van der Waals surface area contributed by atoms with Gasteiger partial charge in [-0.05, 0) is 31.0 Å². The third-order valence-corrected chi connectivity index (χ3v) is 2.37. The van der Waals surface area contributed by atoms with E-state index in [1.54, 1.807) is 6.92 Å². The summed E-state index contributed by atoms with van der Waals surface area (Å²) in [5, 5.41) is 0. The molecule has 0 saturated carbocycles. The molecule has 0 amide bonds. The minimum Gasteiger partial charge on any atom is -0.324 e. The predicted octanol–water partition coefficient (Wildman–Crippen LogP) is 3.15. The number of halogens is 3. The molecule has 0 bridgehead atoms. The van der Waals surface area contributed by atoms with E-state index in [0.717, 1.165) is 23.3 Å². The van der Waals surface area contributed by atoms with Gasteiger partial charge in [0.25, 0.3) is 0 Å². The summed E-state index contributed by atoms with van der Waals surface area (Å²) in [7, 11) is 0. The van der Waals surface area contributed by atoms with E-state index in [9.17, 15) is 13.2 Å². The zero-order chi connectivity index (χ0) is 12.3. The van der Waals surface area contributed by atoms with Crippen molar-refractivity contribution in [3.05, 3.63) is 47.5 Å². The van der Waals surface area contributed by atoms with Crippen molar-refractivity contribution in [3.63, 3.8) is 0 Å². The molecule has 0 aliphatic rings. The third-order valence-electron chi connectivity index (χ3n) is 2.37. The lowest BCUT2D eigenvalue weighted by Gasteiger charge is -2.12. The molecule has 1 unspecified atom stereocenters. The molecule has 0 saturated heterocycles. The van der Waals surface area contributed by atoms with Gasteiger partial charge in [-0.2, -0.15) is 13.2 Å². The summed E-state index contributed by atoms with van der Waals surface area (Å²) in [6, 6.07) is 4.83. The Kier molecular flexibility index (Phi) is 3.75. The highest BCUT2D eigenvalue weighted by Gasteiger charge is 2.29. The molecule has 4 heteroatoms. The molecule has 1 nitrogen and oxygen atoms in total. The Morgan fingerprint density at radius 2 is 1.81 bits per heavy atom. The van der Waals surface area contributed by atoms with Crippen molar-refractivity contribution in [2.75, 3.05) is 0 Å². The van der Waals surface area contributed by atoms with E-state index in [1.165, 1.54) is 12.1 Å². The van der Waals surface area contributed by atoms with E-state index >= 15 is 0 Å². The van der Waals surface area contributed by atoms with Gasteiger partial charge in [0, 0.05) is 6.04 Å². The Bertz CT molecular complexity index is 365. The van der Waals surface area contributed by atoms with Crippen LogP contribution in [-0.4, -0.2) is 6.04 Å². The summed E-state index contributed by atoms with van der Waals surface area (Å²) in [5.74, 6) is 0. The second-order valence-electron chi connectivity index (χ2n) is 3.85. The second-order valence-corrected chi connectivity index (χ2v) is 3.85. The van der Waals surface area contributed by atoms with Crippen LogP contribution in [0.4, 0.5) is 13.2 Å². The highest BCUT2D eigenvalue weighted by molar-refractivity contribution is 5.26. The van der Waals surface area contributed by atoms with Gasteiger partial charge < -0.3 is 5.73 Å². The number of benzene rings is 1. The molecule has 0 spiro atoms. The topological polar surface area (TPSA) is 26.0 Å². The van der Waals surface area contributed by atoms with Gasteiger partial charge in [-0.15, -0.1) is 0 Å². The van der Waals surface area contributed by atoms with Crippen molar-refractivity contribution >= 4 is 0 Å². The summed E-state index contributed by atoms with van der Waals surface area (Å²) in [6.45, 7) is 5.50. The van der Waals surface area contributed by atoms with E-state index in [4.69, 9.17) is 5.73 Å². The Morgan fingerprint density at radius 3 is 2.19 bits per heavy atom. The summed E-state index contributed by atoms with van der Waals surface area (Å²) in [4.78, 5) is 0. The Balaban J connectivity index is 2.76. The molecule has 0 aliphatic heterocycles. The maximum absolute atomic E-state index is 12.3. The van der Waals surface area contributed by atoms with Gasteiger partial charge in [0.2, 0.25) is 0 Å². The number of rotatable bonds is 3. The minimum atomic E-state index is -4.28. The van der Waals surface area contributed by atoms with Crippen LogP contribution in [-0.2, 0) is 12.6 Å². The molecule has 0 radical (unpaired) electrons. The van der Waals surface area contributed by atoms with Crippen LogP contribution < -0.4 is 5.73 Å². The van der Waals surface area contributed by atoms with E-state index in [1.807, 2.05) is 0 Å². The molecule has 0 aromatic heterocycles. The van der Waals surface area contributed by atoms with Crippen LogP contribution in [0.1, 0.15) is 18.1 Å². The molecule has 1 aromatic rings. The van der Waals surface area contributed by atoms with Gasteiger partial charge >= 0.3 is 6.18 Å². The first kappa shape index (κ1) is 12.8. The van der Waals surface area contributed by atoms with Crippen LogP contribution >= 0.6 is 0 Å². The van der Waals surface area contributed by atoms with E-state index in [0.29, 0.717) is 6.42 Å². The monoisotopic (exact) mass is 229 g/mol. The second kappa shape index (κ2) is 4.70. The number of nitrogens with two attached hydrogens (primary N) is 1. The van der Waals surface area contributed by atoms with Crippen molar-refractivity contribution in [2.45, 2.75) is 25.6 Å². The molecule has 2 N–H and O–H groups in total. The molecule has 1 atom stereocenters. The Labute approximate surface area is 92.8 Å². The maximum Gasteiger partial charge on any atom is 0.416 e. The van der Waals surface area contributed by atoms with Crippen LogP contribution in [0.15, 0.2) is 36.4 Å². The molecule has 88 valence electrons. The first-order chi connectivity index (χ1) is 7.30. The van der Waals surface area contributed by atoms with Gasteiger partial charge in [0.05, 0.1) is 5.56 Å². The first-order valence-corrected chi connectivity index (χ1v) is 4.88. The standard InChI is InChI=1S/C12H14F3N/c1-8(2)11(16)7-9-3-5-10(6-4-9)12(13,14)15/h3-6,11H,1,7,16H2,2H3. The van der Waals surface area contributed by atoms with Crippen molar-refractivity contribution in [2.24, 2.45) is 5.73 Å². The molecule has 1 aromatic carbocycles. The lowest BCUT2D eigenvalue weighted by atomic mass is 10.0. The average Bonchev–Trinajstić information content (AvgIpc) is 2.17. The number of hydrogen-bond acceptors (Lipinski definition) is 1. The van der Waals surface area contributed by atoms with Crippen molar-refractivity contribution in [1.29, 1.82) is 0 Å². The van der Waals surface area contributed by atoms with Gasteiger partial charge in [0.1, 0.15) is 0 Å².